The molecule has 1 saturated heterocycles. The normalized spacial score (nSPS) is 17.8. The smallest absolute Gasteiger partial charge is 0.252 e. The van der Waals surface area contributed by atoms with Crippen molar-refractivity contribution in [2.24, 2.45) is 5.92 Å². The van der Waals surface area contributed by atoms with E-state index in [1.807, 2.05) is 12.1 Å². The first-order valence-corrected chi connectivity index (χ1v) is 8.35. The predicted octanol–water partition coefficient (Wildman–Crippen LogP) is 2.90. The summed E-state index contributed by atoms with van der Waals surface area (Å²) in [7, 11) is 1.58. The molecule has 1 aromatic carbocycles. The molecular weight excluding hydrogens is 304 g/mol. The number of rotatable bonds is 5. The fourth-order valence-corrected chi connectivity index (χ4v) is 3.11. The molecule has 0 saturated carbocycles. The van der Waals surface area contributed by atoms with E-state index in [9.17, 15) is 4.79 Å². The minimum absolute atomic E-state index is 0.196. The second-order valence-corrected chi connectivity index (χ2v) is 6.38. The van der Waals surface area contributed by atoms with Gasteiger partial charge < -0.3 is 15.0 Å². The molecule has 3 rings (SSSR count). The summed E-state index contributed by atoms with van der Waals surface area (Å²) in [6.45, 7) is 4.84. The first-order valence-electron chi connectivity index (χ1n) is 8.35. The molecule has 6 nitrogen and oxygen atoms in total. The molecule has 1 aromatic heterocycles. The fourth-order valence-electron chi connectivity index (χ4n) is 3.11. The Kier molecular flexibility index (Phi) is 5.15. The second-order valence-electron chi connectivity index (χ2n) is 6.38. The summed E-state index contributed by atoms with van der Waals surface area (Å²) in [6.07, 6.45) is 2.56. The molecule has 0 radical (unpaired) electrons. The van der Waals surface area contributed by atoms with Gasteiger partial charge in [0.2, 0.25) is 5.95 Å². The minimum Gasteiger partial charge on any atom is -0.378 e. The number of aromatic nitrogens is 2. The van der Waals surface area contributed by atoms with E-state index >= 15 is 0 Å². The molecule has 1 aliphatic heterocycles. The van der Waals surface area contributed by atoms with Crippen LogP contribution in [0.15, 0.2) is 35.1 Å². The molecule has 2 N–H and O–H groups in total. The number of piperidine rings is 1. The predicted molar refractivity (Wildman–Crippen MR) is 95.9 cm³/mol. The van der Waals surface area contributed by atoms with Gasteiger partial charge in [-0.15, -0.1) is 0 Å². The average molecular weight is 328 g/mol. The maximum Gasteiger partial charge on any atom is 0.252 e. The summed E-state index contributed by atoms with van der Waals surface area (Å²) >= 11 is 0. The Morgan fingerprint density at radius 2 is 2.17 bits per heavy atom. The maximum absolute atomic E-state index is 11.7. The number of nitrogens with one attached hydrogen (secondary N) is 2. The molecule has 2 aromatic rings. The monoisotopic (exact) mass is 328 g/mol. The molecule has 128 valence electrons. The van der Waals surface area contributed by atoms with Crippen molar-refractivity contribution in [2.45, 2.75) is 26.4 Å². The maximum atomic E-state index is 11.7. The van der Waals surface area contributed by atoms with Crippen molar-refractivity contribution in [1.82, 2.24) is 9.97 Å². The molecule has 0 aliphatic carbocycles. The van der Waals surface area contributed by atoms with Gasteiger partial charge in [-0.05, 0) is 43.0 Å². The highest BCUT2D eigenvalue weighted by Gasteiger charge is 2.16. The Bertz CT molecular complexity index is 727. The molecule has 24 heavy (non-hydrogen) atoms. The van der Waals surface area contributed by atoms with Gasteiger partial charge in [0.1, 0.15) is 0 Å². The molecule has 0 bridgehead atoms. The summed E-state index contributed by atoms with van der Waals surface area (Å²) in [5.41, 5.74) is 2.53. The number of ether oxygens (including phenoxy) is 1. The van der Waals surface area contributed by atoms with Crippen molar-refractivity contribution in [2.75, 3.05) is 30.4 Å². The van der Waals surface area contributed by atoms with Crippen molar-refractivity contribution < 1.29 is 4.74 Å². The van der Waals surface area contributed by atoms with Crippen LogP contribution in [0.4, 0.5) is 17.3 Å². The number of methoxy groups -OCH3 is 1. The molecule has 2 heterocycles. The molecule has 0 amide bonds. The largest absolute Gasteiger partial charge is 0.378 e. The van der Waals surface area contributed by atoms with Crippen molar-refractivity contribution in [3.63, 3.8) is 0 Å². The number of hydrogen-bond donors (Lipinski definition) is 2. The zero-order valence-electron chi connectivity index (χ0n) is 14.2. The SMILES string of the molecule is COCc1cc(=O)[nH]c(Nc2ccc(N3CCCC(C)C3)cc2)n1. The van der Waals surface area contributed by atoms with Crippen LogP contribution in [0.25, 0.3) is 0 Å². The van der Waals surface area contributed by atoms with E-state index in [0.717, 1.165) is 24.7 Å². The third-order valence-corrected chi connectivity index (χ3v) is 4.24. The molecule has 1 atom stereocenters. The van der Waals surface area contributed by atoms with E-state index < -0.39 is 0 Å². The second kappa shape index (κ2) is 7.49. The molecule has 0 spiro atoms. The lowest BCUT2D eigenvalue weighted by molar-refractivity contribution is 0.181. The third-order valence-electron chi connectivity index (χ3n) is 4.24. The zero-order valence-corrected chi connectivity index (χ0v) is 14.2. The van der Waals surface area contributed by atoms with Gasteiger partial charge in [0, 0.05) is 37.6 Å². The lowest BCUT2D eigenvalue weighted by atomic mass is 10.00. The average Bonchev–Trinajstić information content (AvgIpc) is 2.55. The van der Waals surface area contributed by atoms with Crippen LogP contribution in [0.5, 0.6) is 0 Å². The van der Waals surface area contributed by atoms with E-state index in [2.05, 4.69) is 39.2 Å². The number of anilines is 3. The van der Waals surface area contributed by atoms with E-state index in [-0.39, 0.29) is 5.56 Å². The van der Waals surface area contributed by atoms with E-state index in [1.165, 1.54) is 24.6 Å². The first-order chi connectivity index (χ1) is 11.6. The summed E-state index contributed by atoms with van der Waals surface area (Å²) in [5, 5.41) is 3.14. The minimum atomic E-state index is -0.196. The Balaban J connectivity index is 1.71. The summed E-state index contributed by atoms with van der Waals surface area (Å²) in [5.74, 6) is 1.17. The van der Waals surface area contributed by atoms with Crippen LogP contribution in [0.2, 0.25) is 0 Å². The lowest BCUT2D eigenvalue weighted by Crippen LogP contribution is -2.34. The number of hydrogen-bond acceptors (Lipinski definition) is 5. The number of benzene rings is 1. The standard InChI is InChI=1S/C18H24N4O2/c1-13-4-3-9-22(11-13)16-7-5-14(6-8-16)19-18-20-15(12-24-2)10-17(23)21-18/h5-8,10,13H,3-4,9,11-12H2,1-2H3,(H2,19,20,21,23). The van der Waals surface area contributed by atoms with Crippen molar-refractivity contribution in [3.05, 3.63) is 46.4 Å². The van der Waals surface area contributed by atoms with Crippen LogP contribution in [0, 0.1) is 5.92 Å². The van der Waals surface area contributed by atoms with Gasteiger partial charge in [0.05, 0.1) is 12.3 Å². The van der Waals surface area contributed by atoms with Gasteiger partial charge >= 0.3 is 0 Å². The highest BCUT2D eigenvalue weighted by atomic mass is 16.5. The Morgan fingerprint density at radius 1 is 1.38 bits per heavy atom. The van der Waals surface area contributed by atoms with E-state index in [0.29, 0.717) is 18.2 Å². The van der Waals surface area contributed by atoms with Crippen molar-refractivity contribution in [1.29, 1.82) is 0 Å². The van der Waals surface area contributed by atoms with Gasteiger partial charge in [-0.2, -0.15) is 0 Å². The topological polar surface area (TPSA) is 70.2 Å². The molecular formula is C18H24N4O2. The highest BCUT2D eigenvalue weighted by molar-refractivity contribution is 5.59. The third kappa shape index (κ3) is 4.14. The highest BCUT2D eigenvalue weighted by Crippen LogP contribution is 2.24. The Morgan fingerprint density at radius 3 is 2.88 bits per heavy atom. The van der Waals surface area contributed by atoms with Gasteiger partial charge in [-0.25, -0.2) is 4.98 Å². The van der Waals surface area contributed by atoms with E-state index in [4.69, 9.17) is 4.74 Å². The van der Waals surface area contributed by atoms with Crippen molar-refractivity contribution >= 4 is 17.3 Å². The number of nitrogens with zero attached hydrogens (tertiary/aromatic N) is 2. The molecule has 1 unspecified atom stereocenters. The first kappa shape index (κ1) is 16.5. The van der Waals surface area contributed by atoms with Crippen LogP contribution in [0.3, 0.4) is 0 Å². The van der Waals surface area contributed by atoms with Crippen molar-refractivity contribution in [3.8, 4) is 0 Å². The van der Waals surface area contributed by atoms with E-state index in [1.54, 1.807) is 7.11 Å². The van der Waals surface area contributed by atoms with Crippen LogP contribution < -0.4 is 15.8 Å². The molecule has 1 fully saturated rings. The van der Waals surface area contributed by atoms with Gasteiger partial charge in [0.25, 0.3) is 5.56 Å². The van der Waals surface area contributed by atoms with Gasteiger partial charge in [-0.1, -0.05) is 6.92 Å². The van der Waals surface area contributed by atoms with Gasteiger partial charge in [0.15, 0.2) is 0 Å². The molecule has 1 aliphatic rings. The number of aromatic amines is 1. The Labute approximate surface area is 141 Å². The quantitative estimate of drug-likeness (QED) is 0.883. The molecule has 6 heteroatoms. The Hall–Kier alpha value is -2.34. The van der Waals surface area contributed by atoms with Crippen LogP contribution >= 0.6 is 0 Å². The number of H-pyrrole nitrogens is 1. The summed E-state index contributed by atoms with van der Waals surface area (Å²) < 4.78 is 5.03. The summed E-state index contributed by atoms with van der Waals surface area (Å²) in [6, 6.07) is 9.68. The summed E-state index contributed by atoms with van der Waals surface area (Å²) in [4.78, 5) is 21.1. The lowest BCUT2D eigenvalue weighted by Gasteiger charge is -2.32. The fraction of sp³-hybridized carbons (Fsp3) is 0.444. The van der Waals surface area contributed by atoms with Crippen LogP contribution in [0.1, 0.15) is 25.5 Å². The van der Waals surface area contributed by atoms with Crippen LogP contribution in [-0.4, -0.2) is 30.2 Å². The zero-order chi connectivity index (χ0) is 16.9. The van der Waals surface area contributed by atoms with Gasteiger partial charge in [-0.3, -0.25) is 9.78 Å². The van der Waals surface area contributed by atoms with Crippen LogP contribution in [-0.2, 0) is 11.3 Å².